The Labute approximate surface area is 175 Å². The van der Waals surface area contributed by atoms with E-state index in [0.717, 1.165) is 49.1 Å². The van der Waals surface area contributed by atoms with Crippen molar-refractivity contribution in [1.82, 2.24) is 9.78 Å². The summed E-state index contributed by atoms with van der Waals surface area (Å²) >= 11 is 0. The van der Waals surface area contributed by atoms with Crippen molar-refractivity contribution >= 4 is 11.6 Å². The van der Waals surface area contributed by atoms with Gasteiger partial charge in [-0.25, -0.2) is 0 Å². The first-order chi connectivity index (χ1) is 14.7. The van der Waals surface area contributed by atoms with Crippen LogP contribution in [0.25, 0.3) is 0 Å². The van der Waals surface area contributed by atoms with Gasteiger partial charge in [-0.1, -0.05) is 37.3 Å². The van der Waals surface area contributed by atoms with Crippen molar-refractivity contribution in [2.75, 3.05) is 5.32 Å². The van der Waals surface area contributed by atoms with Crippen LogP contribution in [-0.2, 0) is 13.0 Å². The van der Waals surface area contributed by atoms with Gasteiger partial charge in [-0.05, 0) is 37.0 Å². The fourth-order valence-electron chi connectivity index (χ4n) is 4.35. The summed E-state index contributed by atoms with van der Waals surface area (Å²) in [5, 5.41) is 7.45. The molecule has 1 N–H and O–H groups in total. The van der Waals surface area contributed by atoms with E-state index in [9.17, 15) is 4.79 Å². The maximum Gasteiger partial charge on any atom is 0.259 e. The summed E-state index contributed by atoms with van der Waals surface area (Å²) in [5.41, 5.74) is 3.36. The Morgan fingerprint density at radius 1 is 1.10 bits per heavy atom. The molecule has 1 spiro atoms. The van der Waals surface area contributed by atoms with Crippen molar-refractivity contribution in [2.24, 2.45) is 0 Å². The number of nitrogens with one attached hydrogen (secondary N) is 1. The van der Waals surface area contributed by atoms with Crippen LogP contribution < -0.4 is 14.8 Å². The number of amides is 1. The standard InChI is InChI=1S/C24H25N3O3/c1-2-20-19(15-25-27(20)16-17-8-4-3-5-9-17)23(28)26-18-10-11-21-22(14-18)30-24(29-21)12-6-7-13-24/h3-5,8-11,14-15H,2,6-7,12-13,16H2,1H3,(H,26,28). The lowest BCUT2D eigenvalue weighted by Crippen LogP contribution is -2.34. The second kappa shape index (κ2) is 7.52. The number of anilines is 1. The molecule has 2 heterocycles. The van der Waals surface area contributed by atoms with Gasteiger partial charge in [-0.15, -0.1) is 0 Å². The Morgan fingerprint density at radius 2 is 1.87 bits per heavy atom. The summed E-state index contributed by atoms with van der Waals surface area (Å²) < 4.78 is 14.1. The van der Waals surface area contributed by atoms with E-state index in [2.05, 4.69) is 22.5 Å². The van der Waals surface area contributed by atoms with Crippen molar-refractivity contribution in [2.45, 2.75) is 51.4 Å². The second-order valence-electron chi connectivity index (χ2n) is 7.94. The number of fused-ring (bicyclic) bond motifs is 1. The van der Waals surface area contributed by atoms with Gasteiger partial charge in [0.2, 0.25) is 0 Å². The monoisotopic (exact) mass is 403 g/mol. The summed E-state index contributed by atoms with van der Waals surface area (Å²) in [5.74, 6) is 0.782. The normalized spacial score (nSPS) is 16.2. The summed E-state index contributed by atoms with van der Waals surface area (Å²) in [4.78, 5) is 13.0. The van der Waals surface area contributed by atoms with E-state index in [1.54, 1.807) is 6.20 Å². The van der Waals surface area contributed by atoms with E-state index < -0.39 is 5.79 Å². The van der Waals surface area contributed by atoms with E-state index in [1.165, 1.54) is 0 Å². The van der Waals surface area contributed by atoms with Crippen LogP contribution in [0.3, 0.4) is 0 Å². The topological polar surface area (TPSA) is 65.4 Å². The summed E-state index contributed by atoms with van der Waals surface area (Å²) in [6.45, 7) is 2.68. The van der Waals surface area contributed by atoms with Crippen LogP contribution in [0.2, 0.25) is 0 Å². The lowest BCUT2D eigenvalue weighted by molar-refractivity contribution is -0.0716. The molecule has 0 saturated heterocycles. The van der Waals surface area contributed by atoms with Gasteiger partial charge in [-0.2, -0.15) is 5.10 Å². The van der Waals surface area contributed by atoms with Gasteiger partial charge in [0, 0.05) is 24.6 Å². The van der Waals surface area contributed by atoms with Crippen LogP contribution >= 0.6 is 0 Å². The molecule has 0 radical (unpaired) electrons. The molecule has 0 bridgehead atoms. The highest BCUT2D eigenvalue weighted by Gasteiger charge is 2.44. The third kappa shape index (κ3) is 3.43. The van der Waals surface area contributed by atoms with E-state index in [-0.39, 0.29) is 5.91 Å². The van der Waals surface area contributed by atoms with E-state index in [4.69, 9.17) is 9.47 Å². The van der Waals surface area contributed by atoms with E-state index >= 15 is 0 Å². The largest absolute Gasteiger partial charge is 0.448 e. The predicted octanol–water partition coefficient (Wildman–Crippen LogP) is 4.79. The average Bonchev–Trinajstić information content (AvgIpc) is 3.47. The number of rotatable bonds is 5. The predicted molar refractivity (Wildman–Crippen MR) is 114 cm³/mol. The molecule has 0 unspecified atom stereocenters. The Bertz CT molecular complexity index is 1070. The number of hydrogen-bond acceptors (Lipinski definition) is 4. The van der Waals surface area contributed by atoms with Crippen molar-refractivity contribution < 1.29 is 14.3 Å². The molecular weight excluding hydrogens is 378 g/mol. The molecule has 1 amide bonds. The molecule has 154 valence electrons. The van der Waals surface area contributed by atoms with Gasteiger partial charge >= 0.3 is 0 Å². The second-order valence-corrected chi connectivity index (χ2v) is 7.94. The molecule has 6 heteroatoms. The Balaban J connectivity index is 1.33. The summed E-state index contributed by atoms with van der Waals surface area (Å²) in [7, 11) is 0. The van der Waals surface area contributed by atoms with Crippen LogP contribution in [0.4, 0.5) is 5.69 Å². The fourth-order valence-corrected chi connectivity index (χ4v) is 4.35. The number of hydrogen-bond donors (Lipinski definition) is 1. The minimum Gasteiger partial charge on any atom is -0.448 e. The molecule has 1 aliphatic carbocycles. The molecule has 2 aromatic carbocycles. The number of ether oxygens (including phenoxy) is 2. The highest BCUT2D eigenvalue weighted by atomic mass is 16.7. The first-order valence-corrected chi connectivity index (χ1v) is 10.6. The highest BCUT2D eigenvalue weighted by molar-refractivity contribution is 6.05. The third-order valence-electron chi connectivity index (χ3n) is 5.86. The number of carbonyl (C=O) groups excluding carboxylic acids is 1. The zero-order chi connectivity index (χ0) is 20.6. The maximum absolute atomic E-state index is 13.0. The highest BCUT2D eigenvalue weighted by Crippen LogP contribution is 2.47. The first-order valence-electron chi connectivity index (χ1n) is 10.6. The third-order valence-corrected chi connectivity index (χ3v) is 5.86. The molecule has 6 nitrogen and oxygen atoms in total. The number of aromatic nitrogens is 2. The molecule has 1 fully saturated rings. The molecule has 1 saturated carbocycles. The van der Waals surface area contributed by atoms with Crippen LogP contribution in [0.1, 0.15) is 54.2 Å². The molecule has 5 rings (SSSR count). The fraction of sp³-hybridized carbons (Fsp3) is 0.333. The minimum absolute atomic E-state index is 0.166. The Morgan fingerprint density at radius 3 is 2.63 bits per heavy atom. The minimum atomic E-state index is -0.501. The van der Waals surface area contributed by atoms with Crippen LogP contribution in [0.15, 0.2) is 54.7 Å². The number of benzene rings is 2. The van der Waals surface area contributed by atoms with Gasteiger partial charge in [0.25, 0.3) is 11.7 Å². The number of nitrogens with zero attached hydrogens (tertiary/aromatic N) is 2. The molecule has 0 atom stereocenters. The molecule has 1 aromatic heterocycles. The smallest absolute Gasteiger partial charge is 0.259 e. The van der Waals surface area contributed by atoms with Crippen molar-refractivity contribution in [1.29, 1.82) is 0 Å². The van der Waals surface area contributed by atoms with Gasteiger partial charge in [0.15, 0.2) is 11.5 Å². The summed E-state index contributed by atoms with van der Waals surface area (Å²) in [6, 6.07) is 15.7. The quantitative estimate of drug-likeness (QED) is 0.665. The molecule has 2 aliphatic rings. The Kier molecular flexibility index (Phi) is 4.69. The molecule has 1 aliphatic heterocycles. The average molecular weight is 403 g/mol. The molecular formula is C24H25N3O3. The van der Waals surface area contributed by atoms with Gasteiger partial charge in [0.05, 0.1) is 24.0 Å². The molecule has 30 heavy (non-hydrogen) atoms. The van der Waals surface area contributed by atoms with E-state index in [0.29, 0.717) is 23.5 Å². The lowest BCUT2D eigenvalue weighted by Gasteiger charge is -2.21. The van der Waals surface area contributed by atoms with Gasteiger partial charge in [-0.3, -0.25) is 9.48 Å². The van der Waals surface area contributed by atoms with Gasteiger partial charge < -0.3 is 14.8 Å². The molecule has 3 aromatic rings. The Hall–Kier alpha value is -3.28. The zero-order valence-electron chi connectivity index (χ0n) is 17.1. The van der Waals surface area contributed by atoms with Crippen LogP contribution in [0.5, 0.6) is 11.5 Å². The van der Waals surface area contributed by atoms with Gasteiger partial charge in [0.1, 0.15) is 0 Å². The van der Waals surface area contributed by atoms with E-state index in [1.807, 2.05) is 48.0 Å². The van der Waals surface area contributed by atoms with Crippen molar-refractivity contribution in [3.63, 3.8) is 0 Å². The SMILES string of the molecule is CCc1c(C(=O)Nc2ccc3c(c2)OC2(CCCC2)O3)cnn1Cc1ccccc1. The first kappa shape index (κ1) is 18.7. The van der Waals surface area contributed by atoms with Crippen LogP contribution in [0, 0.1) is 0 Å². The van der Waals surface area contributed by atoms with Crippen molar-refractivity contribution in [3.8, 4) is 11.5 Å². The summed E-state index contributed by atoms with van der Waals surface area (Å²) in [6.07, 6.45) is 6.42. The zero-order valence-corrected chi connectivity index (χ0v) is 17.1. The lowest BCUT2D eigenvalue weighted by atomic mass is 10.1. The van der Waals surface area contributed by atoms with Crippen molar-refractivity contribution in [3.05, 3.63) is 71.5 Å². The maximum atomic E-state index is 13.0. The van der Waals surface area contributed by atoms with Crippen LogP contribution in [-0.4, -0.2) is 21.5 Å². The number of carbonyl (C=O) groups is 1.